The quantitative estimate of drug-likeness (QED) is 0.862. The summed E-state index contributed by atoms with van der Waals surface area (Å²) in [5, 5.41) is 11.2. The largest absolute Gasteiger partial charge is 0.496 e. The molecule has 2 aromatic rings. The number of rotatable bonds is 5. The smallest absolute Gasteiger partial charge is 0.243 e. The van der Waals surface area contributed by atoms with Crippen molar-refractivity contribution in [2.75, 3.05) is 12.4 Å². The van der Waals surface area contributed by atoms with Gasteiger partial charge in [0.25, 0.3) is 0 Å². The zero-order valence-corrected chi connectivity index (χ0v) is 12.7. The zero-order chi connectivity index (χ0) is 14.5. The van der Waals surface area contributed by atoms with Crippen molar-refractivity contribution in [3.63, 3.8) is 0 Å². The Kier molecular flexibility index (Phi) is 4.92. The molecule has 1 amide bonds. The molecule has 0 aliphatic heterocycles. The molecule has 1 aromatic carbocycles. The molecule has 1 aromatic heterocycles. The first-order valence-electron chi connectivity index (χ1n) is 5.99. The lowest BCUT2D eigenvalue weighted by Gasteiger charge is -2.05. The average molecular weight is 312 g/mol. The van der Waals surface area contributed by atoms with Crippen LogP contribution in [0.25, 0.3) is 0 Å². The summed E-state index contributed by atoms with van der Waals surface area (Å²) in [6.07, 6.45) is 0.605. The Labute approximate surface area is 125 Å². The van der Waals surface area contributed by atoms with E-state index in [2.05, 4.69) is 15.5 Å². The summed E-state index contributed by atoms with van der Waals surface area (Å²) in [5.74, 6) is 0.523. The number of aromatic nitrogens is 2. The minimum Gasteiger partial charge on any atom is -0.496 e. The number of ether oxygens (including phenoxy) is 1. The lowest BCUT2D eigenvalue weighted by molar-refractivity contribution is -0.115. The van der Waals surface area contributed by atoms with Crippen LogP contribution >= 0.6 is 22.9 Å². The van der Waals surface area contributed by atoms with Gasteiger partial charge in [-0.2, -0.15) is 0 Å². The normalized spacial score (nSPS) is 11.9. The number of para-hydroxylation sites is 1. The fourth-order valence-electron chi connectivity index (χ4n) is 1.59. The molecule has 5 nitrogen and oxygen atoms in total. The maximum absolute atomic E-state index is 11.5. The summed E-state index contributed by atoms with van der Waals surface area (Å²) >= 11 is 7.01. The van der Waals surface area contributed by atoms with Crippen molar-refractivity contribution < 1.29 is 9.53 Å². The van der Waals surface area contributed by atoms with Gasteiger partial charge in [0.1, 0.15) is 16.1 Å². The molecule has 106 valence electrons. The number of amides is 1. The van der Waals surface area contributed by atoms with Gasteiger partial charge in [-0.25, -0.2) is 0 Å². The van der Waals surface area contributed by atoms with Gasteiger partial charge >= 0.3 is 0 Å². The second kappa shape index (κ2) is 6.67. The molecule has 2 rings (SSSR count). The standard InChI is InChI=1S/C13H14ClN3O2S/c1-8(14)12(18)15-13-17-16-11(20-13)7-9-5-3-4-6-10(9)19-2/h3-6,8H,7H2,1-2H3,(H,15,17,18)/t8-/m0/s1. The summed E-state index contributed by atoms with van der Waals surface area (Å²) in [6, 6.07) is 7.72. The Morgan fingerprint density at radius 2 is 2.20 bits per heavy atom. The maximum atomic E-state index is 11.5. The number of carbonyl (C=O) groups excluding carboxylic acids is 1. The number of hydrogen-bond donors (Lipinski definition) is 1. The predicted octanol–water partition coefficient (Wildman–Crippen LogP) is 2.70. The van der Waals surface area contributed by atoms with Crippen molar-refractivity contribution in [1.29, 1.82) is 0 Å². The van der Waals surface area contributed by atoms with E-state index in [1.54, 1.807) is 14.0 Å². The van der Waals surface area contributed by atoms with Gasteiger partial charge in [-0.1, -0.05) is 29.5 Å². The van der Waals surface area contributed by atoms with E-state index >= 15 is 0 Å². The van der Waals surface area contributed by atoms with E-state index in [9.17, 15) is 4.79 Å². The van der Waals surface area contributed by atoms with E-state index < -0.39 is 5.38 Å². The molecule has 7 heteroatoms. The maximum Gasteiger partial charge on any atom is 0.243 e. The van der Waals surface area contributed by atoms with Crippen LogP contribution in [0.2, 0.25) is 0 Å². The first-order chi connectivity index (χ1) is 9.60. The number of anilines is 1. The van der Waals surface area contributed by atoms with Gasteiger partial charge in [-0.15, -0.1) is 21.8 Å². The van der Waals surface area contributed by atoms with Crippen LogP contribution in [-0.2, 0) is 11.2 Å². The van der Waals surface area contributed by atoms with Crippen LogP contribution in [-0.4, -0.2) is 28.6 Å². The first-order valence-corrected chi connectivity index (χ1v) is 7.24. The average Bonchev–Trinajstić information content (AvgIpc) is 2.86. The van der Waals surface area contributed by atoms with Crippen LogP contribution < -0.4 is 10.1 Å². The predicted molar refractivity (Wildman–Crippen MR) is 79.7 cm³/mol. The number of carbonyl (C=O) groups is 1. The molecule has 0 bridgehead atoms. The minimum atomic E-state index is -0.600. The van der Waals surface area contributed by atoms with E-state index in [1.165, 1.54) is 11.3 Å². The molecule has 0 unspecified atom stereocenters. The number of nitrogens with one attached hydrogen (secondary N) is 1. The highest BCUT2D eigenvalue weighted by atomic mass is 35.5. The number of alkyl halides is 1. The van der Waals surface area contributed by atoms with Crippen LogP contribution in [0.15, 0.2) is 24.3 Å². The molecule has 0 aliphatic carbocycles. The first kappa shape index (κ1) is 14.7. The topological polar surface area (TPSA) is 64.1 Å². The third kappa shape index (κ3) is 3.68. The SMILES string of the molecule is COc1ccccc1Cc1nnc(NC(=O)[C@H](C)Cl)s1. The van der Waals surface area contributed by atoms with Crippen molar-refractivity contribution >= 4 is 34.0 Å². The number of nitrogens with zero attached hydrogens (tertiary/aromatic N) is 2. The molecule has 0 fully saturated rings. The van der Waals surface area contributed by atoms with Gasteiger partial charge in [0, 0.05) is 12.0 Å². The third-order valence-electron chi connectivity index (χ3n) is 2.59. The van der Waals surface area contributed by atoms with E-state index in [4.69, 9.17) is 16.3 Å². The van der Waals surface area contributed by atoms with Crippen molar-refractivity contribution in [2.24, 2.45) is 0 Å². The molecule has 0 radical (unpaired) electrons. The fourth-order valence-corrected chi connectivity index (χ4v) is 2.41. The van der Waals surface area contributed by atoms with Crippen molar-refractivity contribution in [1.82, 2.24) is 10.2 Å². The van der Waals surface area contributed by atoms with E-state index in [1.807, 2.05) is 24.3 Å². The van der Waals surface area contributed by atoms with Crippen LogP contribution in [0.5, 0.6) is 5.75 Å². The van der Waals surface area contributed by atoms with Crippen LogP contribution in [0.1, 0.15) is 17.5 Å². The summed E-state index contributed by atoms with van der Waals surface area (Å²) in [5.41, 5.74) is 1.02. The Morgan fingerprint density at radius 3 is 2.90 bits per heavy atom. The Bertz CT molecular complexity index is 601. The lowest BCUT2D eigenvalue weighted by atomic mass is 10.1. The zero-order valence-electron chi connectivity index (χ0n) is 11.1. The molecule has 20 heavy (non-hydrogen) atoms. The van der Waals surface area contributed by atoms with Gasteiger partial charge in [0.2, 0.25) is 11.0 Å². The second-order valence-corrected chi connectivity index (χ2v) is 5.81. The Hall–Kier alpha value is -1.66. The summed E-state index contributed by atoms with van der Waals surface area (Å²) < 4.78 is 5.29. The molecule has 0 spiro atoms. The van der Waals surface area contributed by atoms with Gasteiger partial charge in [0.15, 0.2) is 0 Å². The minimum absolute atomic E-state index is 0.286. The highest BCUT2D eigenvalue weighted by molar-refractivity contribution is 7.15. The monoisotopic (exact) mass is 311 g/mol. The van der Waals surface area contributed by atoms with Crippen LogP contribution in [0, 0.1) is 0 Å². The molecule has 1 N–H and O–H groups in total. The van der Waals surface area contributed by atoms with Gasteiger partial charge < -0.3 is 4.74 Å². The summed E-state index contributed by atoms with van der Waals surface area (Å²) in [7, 11) is 1.63. The second-order valence-electron chi connectivity index (χ2n) is 4.09. The molecule has 0 saturated heterocycles. The van der Waals surface area contributed by atoms with E-state index in [-0.39, 0.29) is 5.91 Å². The highest BCUT2D eigenvalue weighted by Crippen LogP contribution is 2.24. The summed E-state index contributed by atoms with van der Waals surface area (Å²) in [4.78, 5) is 11.5. The molecular formula is C13H14ClN3O2S. The molecule has 1 heterocycles. The Balaban J connectivity index is 2.08. The van der Waals surface area contributed by atoms with Crippen molar-refractivity contribution in [2.45, 2.75) is 18.7 Å². The third-order valence-corrected chi connectivity index (χ3v) is 3.63. The number of hydrogen-bond acceptors (Lipinski definition) is 5. The number of halogens is 1. The highest BCUT2D eigenvalue weighted by Gasteiger charge is 2.13. The number of benzene rings is 1. The number of methoxy groups -OCH3 is 1. The van der Waals surface area contributed by atoms with Crippen molar-refractivity contribution in [3.05, 3.63) is 34.8 Å². The van der Waals surface area contributed by atoms with E-state index in [0.29, 0.717) is 11.6 Å². The summed E-state index contributed by atoms with van der Waals surface area (Å²) in [6.45, 7) is 1.60. The molecular weight excluding hydrogens is 298 g/mol. The van der Waals surface area contributed by atoms with Crippen molar-refractivity contribution in [3.8, 4) is 5.75 Å². The lowest BCUT2D eigenvalue weighted by Crippen LogP contribution is -2.20. The molecule has 0 saturated carbocycles. The van der Waals surface area contributed by atoms with Crippen LogP contribution in [0.4, 0.5) is 5.13 Å². The van der Waals surface area contributed by atoms with Gasteiger partial charge in [0.05, 0.1) is 7.11 Å². The van der Waals surface area contributed by atoms with E-state index in [0.717, 1.165) is 16.3 Å². The fraction of sp³-hybridized carbons (Fsp3) is 0.308. The Morgan fingerprint density at radius 1 is 1.45 bits per heavy atom. The molecule has 1 atom stereocenters. The molecule has 0 aliphatic rings. The van der Waals surface area contributed by atoms with Gasteiger partial charge in [-0.05, 0) is 13.0 Å². The van der Waals surface area contributed by atoms with Gasteiger partial charge in [-0.3, -0.25) is 10.1 Å². The van der Waals surface area contributed by atoms with Crippen LogP contribution in [0.3, 0.4) is 0 Å².